The molecule has 2 atom stereocenters. The number of benzene rings is 3. The molecule has 1 aliphatic heterocycles. The molecule has 194 valence electrons. The van der Waals surface area contributed by atoms with Crippen molar-refractivity contribution in [3.63, 3.8) is 0 Å². The molecule has 1 aromatic heterocycles. The van der Waals surface area contributed by atoms with Crippen LogP contribution in [0.2, 0.25) is 5.15 Å². The Morgan fingerprint density at radius 2 is 1.74 bits per heavy atom. The summed E-state index contributed by atoms with van der Waals surface area (Å²) >= 11 is 8.78. The fraction of sp³-hybridized carbons (Fsp3) is 0.179. The number of imidazole rings is 1. The van der Waals surface area contributed by atoms with Crippen molar-refractivity contribution in [2.24, 2.45) is 0 Å². The molecule has 0 spiro atoms. The maximum Gasteiger partial charge on any atom is 0.325 e. The summed E-state index contributed by atoms with van der Waals surface area (Å²) in [5, 5.41) is 12.0. The molecule has 10 heteroatoms. The summed E-state index contributed by atoms with van der Waals surface area (Å²) in [6, 6.07) is 22.2. The SMILES string of the molecule is O=C1N[C@H](c2ccc(OCCO)cc2)C(=O)N1[C@@H](Cc1ccccc1)c1nc(Cl)c(-c2ccc(I)cc2)[nH]1. The third-order valence-electron chi connectivity index (χ3n) is 6.25. The normalized spacial score (nSPS) is 16.0. The first-order valence-corrected chi connectivity index (χ1v) is 13.4. The molecule has 1 fully saturated rings. The molecule has 0 radical (unpaired) electrons. The van der Waals surface area contributed by atoms with E-state index in [1.54, 1.807) is 24.3 Å². The molecule has 5 rings (SSSR count). The molecule has 4 aromatic rings. The fourth-order valence-corrected chi connectivity index (χ4v) is 5.02. The molecule has 38 heavy (non-hydrogen) atoms. The number of aromatic amines is 1. The number of hydrogen-bond acceptors (Lipinski definition) is 5. The summed E-state index contributed by atoms with van der Waals surface area (Å²) < 4.78 is 6.49. The monoisotopic (exact) mass is 642 g/mol. The van der Waals surface area contributed by atoms with E-state index in [4.69, 9.17) is 21.4 Å². The van der Waals surface area contributed by atoms with Gasteiger partial charge in [0, 0.05) is 15.6 Å². The van der Waals surface area contributed by atoms with Crippen LogP contribution >= 0.6 is 34.2 Å². The van der Waals surface area contributed by atoms with Crippen LogP contribution in [0.1, 0.15) is 29.0 Å². The number of urea groups is 1. The van der Waals surface area contributed by atoms with Crippen LogP contribution in [-0.2, 0) is 11.2 Å². The van der Waals surface area contributed by atoms with Gasteiger partial charge in [-0.05, 0) is 58.0 Å². The van der Waals surface area contributed by atoms with Crippen molar-refractivity contribution in [1.29, 1.82) is 0 Å². The molecule has 3 aromatic carbocycles. The van der Waals surface area contributed by atoms with Gasteiger partial charge in [-0.15, -0.1) is 0 Å². The standard InChI is InChI=1S/C28H24ClIN4O4/c29-25-23(18-6-10-20(30)11-7-18)31-26(33-25)22(16-17-4-2-1-3-5-17)34-27(36)24(32-28(34)37)19-8-12-21(13-9-19)38-15-14-35/h1-13,22,24,35H,14-16H2,(H,31,33)(H,32,37)/t22-,24+/m0/s1. The molecule has 0 aliphatic carbocycles. The van der Waals surface area contributed by atoms with Crippen LogP contribution < -0.4 is 10.1 Å². The van der Waals surface area contributed by atoms with E-state index in [0.717, 1.165) is 14.7 Å². The average Bonchev–Trinajstić information content (AvgIpc) is 3.46. The third kappa shape index (κ3) is 5.54. The van der Waals surface area contributed by atoms with Gasteiger partial charge in [0.15, 0.2) is 5.15 Å². The first-order chi connectivity index (χ1) is 18.4. The smallest absolute Gasteiger partial charge is 0.325 e. The number of imide groups is 1. The molecular formula is C28H24ClIN4O4. The van der Waals surface area contributed by atoms with Crippen molar-refractivity contribution in [2.75, 3.05) is 13.2 Å². The number of aliphatic hydroxyl groups excluding tert-OH is 1. The van der Waals surface area contributed by atoms with Gasteiger partial charge in [0.05, 0.1) is 12.3 Å². The number of amides is 3. The largest absolute Gasteiger partial charge is 0.491 e. The Balaban J connectivity index is 1.48. The van der Waals surface area contributed by atoms with Crippen molar-refractivity contribution >= 4 is 46.1 Å². The van der Waals surface area contributed by atoms with Gasteiger partial charge in [0.25, 0.3) is 5.91 Å². The highest BCUT2D eigenvalue weighted by molar-refractivity contribution is 14.1. The van der Waals surface area contributed by atoms with E-state index >= 15 is 0 Å². The van der Waals surface area contributed by atoms with E-state index in [0.29, 0.717) is 29.3 Å². The molecule has 0 saturated carbocycles. The van der Waals surface area contributed by atoms with Gasteiger partial charge >= 0.3 is 6.03 Å². The minimum absolute atomic E-state index is 0.0984. The van der Waals surface area contributed by atoms with E-state index < -0.39 is 18.1 Å². The van der Waals surface area contributed by atoms with Crippen molar-refractivity contribution in [2.45, 2.75) is 18.5 Å². The van der Waals surface area contributed by atoms with Gasteiger partial charge in [-0.1, -0.05) is 66.2 Å². The van der Waals surface area contributed by atoms with Crippen LogP contribution in [0.15, 0.2) is 78.9 Å². The van der Waals surface area contributed by atoms with Gasteiger partial charge in [0.1, 0.15) is 30.3 Å². The summed E-state index contributed by atoms with van der Waals surface area (Å²) in [6.45, 7) is 0.0715. The Bertz CT molecular complexity index is 1430. The Kier molecular flexibility index (Phi) is 7.96. The number of hydrogen-bond donors (Lipinski definition) is 3. The minimum Gasteiger partial charge on any atom is -0.491 e. The van der Waals surface area contributed by atoms with Crippen molar-refractivity contribution < 1.29 is 19.4 Å². The lowest BCUT2D eigenvalue weighted by molar-refractivity contribution is -0.129. The Morgan fingerprint density at radius 3 is 2.42 bits per heavy atom. The van der Waals surface area contributed by atoms with E-state index in [1.807, 2.05) is 54.6 Å². The average molecular weight is 643 g/mol. The lowest BCUT2D eigenvalue weighted by atomic mass is 10.0. The predicted molar refractivity (Wildman–Crippen MR) is 152 cm³/mol. The highest BCUT2D eigenvalue weighted by Crippen LogP contribution is 2.35. The van der Waals surface area contributed by atoms with Crippen LogP contribution in [0.3, 0.4) is 0 Å². The van der Waals surface area contributed by atoms with Crippen molar-refractivity contribution in [1.82, 2.24) is 20.2 Å². The molecule has 3 amide bonds. The number of ether oxygens (including phenoxy) is 1. The number of halogens is 2. The predicted octanol–water partition coefficient (Wildman–Crippen LogP) is 5.28. The highest BCUT2D eigenvalue weighted by Gasteiger charge is 2.44. The Hall–Kier alpha value is -3.41. The van der Waals surface area contributed by atoms with Crippen LogP contribution in [-0.4, -0.2) is 45.1 Å². The van der Waals surface area contributed by atoms with E-state index in [2.05, 4.69) is 37.9 Å². The number of aliphatic hydroxyl groups is 1. The van der Waals surface area contributed by atoms with Crippen molar-refractivity contribution in [3.8, 4) is 17.0 Å². The summed E-state index contributed by atoms with van der Waals surface area (Å²) in [5.41, 5.74) is 3.04. The zero-order valence-electron chi connectivity index (χ0n) is 20.1. The summed E-state index contributed by atoms with van der Waals surface area (Å²) in [5.74, 6) is 0.597. The van der Waals surface area contributed by atoms with Crippen LogP contribution in [0.5, 0.6) is 5.75 Å². The third-order valence-corrected chi connectivity index (χ3v) is 7.25. The molecule has 0 unspecified atom stereocenters. The van der Waals surface area contributed by atoms with Gasteiger partial charge in [0.2, 0.25) is 0 Å². The van der Waals surface area contributed by atoms with E-state index in [9.17, 15) is 9.59 Å². The summed E-state index contributed by atoms with van der Waals surface area (Å²) in [6.07, 6.45) is 0.358. The number of carbonyl (C=O) groups excluding carboxylic acids is 2. The maximum atomic E-state index is 13.7. The van der Waals surface area contributed by atoms with Gasteiger partial charge < -0.3 is 20.1 Å². The van der Waals surface area contributed by atoms with Crippen LogP contribution in [0.4, 0.5) is 4.79 Å². The van der Waals surface area contributed by atoms with Crippen LogP contribution in [0.25, 0.3) is 11.3 Å². The molecule has 8 nitrogen and oxygen atoms in total. The highest BCUT2D eigenvalue weighted by atomic mass is 127. The first-order valence-electron chi connectivity index (χ1n) is 12.0. The van der Waals surface area contributed by atoms with Gasteiger partial charge in [-0.2, -0.15) is 0 Å². The second-order valence-electron chi connectivity index (χ2n) is 8.73. The Morgan fingerprint density at radius 1 is 1.03 bits per heavy atom. The molecule has 2 heterocycles. The number of aromatic nitrogens is 2. The number of rotatable bonds is 9. The summed E-state index contributed by atoms with van der Waals surface area (Å²) in [4.78, 5) is 36.0. The molecular weight excluding hydrogens is 619 g/mol. The Labute approximate surface area is 238 Å². The first kappa shape index (κ1) is 26.2. The second-order valence-corrected chi connectivity index (χ2v) is 10.3. The summed E-state index contributed by atoms with van der Waals surface area (Å²) in [7, 11) is 0. The zero-order valence-corrected chi connectivity index (χ0v) is 23.0. The van der Waals surface area contributed by atoms with Crippen molar-refractivity contribution in [3.05, 3.63) is 105 Å². The quantitative estimate of drug-likeness (QED) is 0.170. The number of nitrogens with one attached hydrogen (secondary N) is 2. The van der Waals surface area contributed by atoms with Gasteiger partial charge in [-0.25, -0.2) is 9.78 Å². The lowest BCUT2D eigenvalue weighted by Crippen LogP contribution is -2.36. The number of H-pyrrole nitrogens is 1. The molecule has 3 N–H and O–H groups in total. The molecule has 1 aliphatic rings. The van der Waals surface area contributed by atoms with Gasteiger partial charge in [-0.3, -0.25) is 9.69 Å². The topological polar surface area (TPSA) is 108 Å². The van der Waals surface area contributed by atoms with E-state index in [-0.39, 0.29) is 24.3 Å². The maximum absolute atomic E-state index is 13.7. The number of carbonyl (C=O) groups is 2. The molecule has 0 bridgehead atoms. The zero-order chi connectivity index (χ0) is 26.6. The number of nitrogens with zero attached hydrogens (tertiary/aromatic N) is 2. The second kappa shape index (κ2) is 11.5. The molecule has 1 saturated heterocycles. The fourth-order valence-electron chi connectivity index (χ4n) is 4.42. The van der Waals surface area contributed by atoms with Crippen LogP contribution in [0, 0.1) is 3.57 Å². The van der Waals surface area contributed by atoms with E-state index in [1.165, 1.54) is 4.90 Å². The lowest BCUT2D eigenvalue weighted by Gasteiger charge is -2.24. The minimum atomic E-state index is -0.853.